The van der Waals surface area contributed by atoms with Crippen molar-refractivity contribution in [2.24, 2.45) is 0 Å². The van der Waals surface area contributed by atoms with Crippen LogP contribution in [-0.4, -0.2) is 27.1 Å². The fourth-order valence-electron chi connectivity index (χ4n) is 2.87. The Kier molecular flexibility index (Phi) is 4.83. The molecule has 0 saturated carbocycles. The molecule has 0 unspecified atom stereocenters. The number of aryl methyl sites for hydroxylation is 2. The monoisotopic (exact) mass is 358 g/mol. The Bertz CT molecular complexity index is 1010. The van der Waals surface area contributed by atoms with Gasteiger partial charge in [0.05, 0.1) is 7.11 Å². The van der Waals surface area contributed by atoms with Crippen LogP contribution < -0.4 is 9.46 Å². The zero-order valence-corrected chi connectivity index (χ0v) is 15.4. The highest BCUT2D eigenvalue weighted by molar-refractivity contribution is 7.89. The van der Waals surface area contributed by atoms with E-state index in [-0.39, 0.29) is 4.90 Å². The SMILES string of the molecule is COc1cc(C)c(C)cc1S(=O)(=O)NCCc1c[nH]c2ccccc12. The minimum absolute atomic E-state index is 0.178. The van der Waals surface area contributed by atoms with Crippen LogP contribution in [-0.2, 0) is 16.4 Å². The minimum Gasteiger partial charge on any atom is -0.495 e. The molecule has 0 fully saturated rings. The number of rotatable bonds is 6. The molecule has 0 saturated heterocycles. The number of fused-ring (bicyclic) bond motifs is 1. The van der Waals surface area contributed by atoms with Crippen LogP contribution >= 0.6 is 0 Å². The molecule has 132 valence electrons. The first kappa shape index (κ1) is 17.5. The molecular weight excluding hydrogens is 336 g/mol. The molecule has 5 nitrogen and oxygen atoms in total. The van der Waals surface area contributed by atoms with Crippen molar-refractivity contribution in [1.29, 1.82) is 0 Å². The molecule has 25 heavy (non-hydrogen) atoms. The van der Waals surface area contributed by atoms with E-state index in [1.54, 1.807) is 12.1 Å². The number of hydrogen-bond acceptors (Lipinski definition) is 3. The van der Waals surface area contributed by atoms with Gasteiger partial charge in [-0.3, -0.25) is 0 Å². The van der Waals surface area contributed by atoms with Gasteiger partial charge in [-0.2, -0.15) is 0 Å². The fraction of sp³-hybridized carbons (Fsp3) is 0.263. The van der Waals surface area contributed by atoms with E-state index in [0.717, 1.165) is 27.6 Å². The third-order valence-electron chi connectivity index (χ3n) is 4.43. The normalized spacial score (nSPS) is 11.8. The zero-order valence-electron chi connectivity index (χ0n) is 14.6. The van der Waals surface area contributed by atoms with Gasteiger partial charge < -0.3 is 9.72 Å². The van der Waals surface area contributed by atoms with E-state index < -0.39 is 10.0 Å². The van der Waals surface area contributed by atoms with Gasteiger partial charge in [0.2, 0.25) is 10.0 Å². The molecule has 1 heterocycles. The highest BCUT2D eigenvalue weighted by Gasteiger charge is 2.20. The second-order valence-corrected chi connectivity index (χ2v) is 7.83. The number of aromatic amines is 1. The number of nitrogens with one attached hydrogen (secondary N) is 2. The van der Waals surface area contributed by atoms with Gasteiger partial charge in [-0.15, -0.1) is 0 Å². The van der Waals surface area contributed by atoms with Crippen molar-refractivity contribution in [1.82, 2.24) is 9.71 Å². The lowest BCUT2D eigenvalue weighted by Gasteiger charge is -2.13. The van der Waals surface area contributed by atoms with E-state index in [1.165, 1.54) is 7.11 Å². The summed E-state index contributed by atoms with van der Waals surface area (Å²) in [7, 11) is -2.15. The van der Waals surface area contributed by atoms with Crippen LogP contribution in [0.25, 0.3) is 10.9 Å². The van der Waals surface area contributed by atoms with Gasteiger partial charge in [-0.25, -0.2) is 13.1 Å². The van der Waals surface area contributed by atoms with E-state index in [2.05, 4.69) is 9.71 Å². The summed E-state index contributed by atoms with van der Waals surface area (Å²) in [4.78, 5) is 3.38. The standard InChI is InChI=1S/C19H22N2O3S/c1-13-10-18(24-3)19(11-14(13)2)25(22,23)21-9-8-15-12-20-17-7-5-4-6-16(15)17/h4-7,10-12,20-21H,8-9H2,1-3H3. The number of methoxy groups -OCH3 is 1. The quantitative estimate of drug-likeness (QED) is 0.710. The average Bonchev–Trinajstić information content (AvgIpc) is 3.00. The van der Waals surface area contributed by atoms with Crippen molar-refractivity contribution in [2.75, 3.05) is 13.7 Å². The van der Waals surface area contributed by atoms with Crippen molar-refractivity contribution in [2.45, 2.75) is 25.2 Å². The second kappa shape index (κ2) is 6.90. The molecule has 1 aromatic heterocycles. The van der Waals surface area contributed by atoms with Crippen LogP contribution in [0, 0.1) is 13.8 Å². The summed E-state index contributed by atoms with van der Waals surface area (Å²) >= 11 is 0. The first-order chi connectivity index (χ1) is 11.9. The van der Waals surface area contributed by atoms with Gasteiger partial charge in [0, 0.05) is 23.6 Å². The molecule has 0 aliphatic rings. The van der Waals surface area contributed by atoms with E-state index in [9.17, 15) is 8.42 Å². The fourth-order valence-corrected chi connectivity index (χ4v) is 4.13. The third-order valence-corrected chi connectivity index (χ3v) is 5.91. The molecule has 3 aromatic rings. The first-order valence-corrected chi connectivity index (χ1v) is 9.60. The minimum atomic E-state index is -3.63. The Morgan fingerprint density at radius 3 is 2.60 bits per heavy atom. The van der Waals surface area contributed by atoms with Crippen LogP contribution in [0.3, 0.4) is 0 Å². The van der Waals surface area contributed by atoms with E-state index >= 15 is 0 Å². The van der Waals surface area contributed by atoms with Crippen LogP contribution in [0.5, 0.6) is 5.75 Å². The number of aromatic nitrogens is 1. The predicted octanol–water partition coefficient (Wildman–Crippen LogP) is 3.31. The molecule has 0 spiro atoms. The van der Waals surface area contributed by atoms with Gasteiger partial charge in [0.15, 0.2) is 0 Å². The summed E-state index contributed by atoms with van der Waals surface area (Å²) in [6.45, 7) is 4.14. The Hall–Kier alpha value is -2.31. The molecule has 0 aliphatic carbocycles. The van der Waals surface area contributed by atoms with E-state index in [1.807, 2.05) is 44.3 Å². The molecule has 0 bridgehead atoms. The Morgan fingerprint density at radius 2 is 1.84 bits per heavy atom. The van der Waals surface area contributed by atoms with Crippen LogP contribution in [0.4, 0.5) is 0 Å². The number of H-pyrrole nitrogens is 1. The van der Waals surface area contributed by atoms with E-state index in [4.69, 9.17) is 4.74 Å². The number of sulfonamides is 1. The van der Waals surface area contributed by atoms with Crippen molar-refractivity contribution >= 4 is 20.9 Å². The van der Waals surface area contributed by atoms with Crippen LogP contribution in [0.15, 0.2) is 47.5 Å². The Balaban J connectivity index is 1.77. The summed E-state index contributed by atoms with van der Waals surface area (Å²) < 4.78 is 33.3. The highest BCUT2D eigenvalue weighted by Crippen LogP contribution is 2.27. The predicted molar refractivity (Wildman–Crippen MR) is 99.7 cm³/mol. The van der Waals surface area contributed by atoms with Gasteiger partial charge in [-0.05, 0) is 55.2 Å². The maximum absolute atomic E-state index is 12.7. The summed E-state index contributed by atoms with van der Waals surface area (Å²) in [6, 6.07) is 11.4. The van der Waals surface area contributed by atoms with Gasteiger partial charge in [0.25, 0.3) is 0 Å². The largest absolute Gasteiger partial charge is 0.495 e. The highest BCUT2D eigenvalue weighted by atomic mass is 32.2. The molecule has 3 rings (SSSR count). The lowest BCUT2D eigenvalue weighted by molar-refractivity contribution is 0.402. The number of ether oxygens (including phenoxy) is 1. The summed E-state index contributed by atoms with van der Waals surface area (Å²) in [5.74, 6) is 0.364. The zero-order chi connectivity index (χ0) is 18.0. The topological polar surface area (TPSA) is 71.2 Å². The summed E-state index contributed by atoms with van der Waals surface area (Å²) in [5, 5.41) is 1.12. The van der Waals surface area contributed by atoms with Crippen molar-refractivity contribution < 1.29 is 13.2 Å². The van der Waals surface area contributed by atoms with Crippen LogP contribution in [0.1, 0.15) is 16.7 Å². The molecule has 0 amide bonds. The molecule has 2 aromatic carbocycles. The molecule has 0 radical (unpaired) electrons. The Labute approximate surface area is 148 Å². The molecule has 0 atom stereocenters. The molecule has 6 heteroatoms. The van der Waals surface area contributed by atoms with Gasteiger partial charge in [-0.1, -0.05) is 18.2 Å². The number of benzene rings is 2. The van der Waals surface area contributed by atoms with E-state index in [0.29, 0.717) is 18.7 Å². The second-order valence-electron chi connectivity index (χ2n) is 6.09. The lowest BCUT2D eigenvalue weighted by atomic mass is 10.1. The number of hydrogen-bond donors (Lipinski definition) is 2. The Morgan fingerprint density at radius 1 is 1.12 bits per heavy atom. The average molecular weight is 358 g/mol. The van der Waals surface area contributed by atoms with Gasteiger partial charge >= 0.3 is 0 Å². The van der Waals surface area contributed by atoms with Gasteiger partial charge in [0.1, 0.15) is 10.6 Å². The van der Waals surface area contributed by atoms with Crippen molar-refractivity contribution in [3.05, 3.63) is 59.3 Å². The maximum Gasteiger partial charge on any atom is 0.244 e. The third kappa shape index (κ3) is 3.55. The van der Waals surface area contributed by atoms with Crippen molar-refractivity contribution in [3.63, 3.8) is 0 Å². The molecular formula is C19H22N2O3S. The maximum atomic E-state index is 12.7. The van der Waals surface area contributed by atoms with Crippen LogP contribution in [0.2, 0.25) is 0 Å². The van der Waals surface area contributed by atoms with Crippen molar-refractivity contribution in [3.8, 4) is 5.75 Å². The molecule has 2 N–H and O–H groups in total. The summed E-state index contributed by atoms with van der Waals surface area (Å²) in [6.07, 6.45) is 2.53. The molecule has 0 aliphatic heterocycles. The smallest absolute Gasteiger partial charge is 0.244 e. The first-order valence-electron chi connectivity index (χ1n) is 8.12. The number of para-hydroxylation sites is 1. The summed E-state index contributed by atoms with van der Waals surface area (Å²) in [5.41, 5.74) is 4.05. The lowest BCUT2D eigenvalue weighted by Crippen LogP contribution is -2.26.